The van der Waals surface area contributed by atoms with Crippen LogP contribution >= 0.6 is 0 Å². The quantitative estimate of drug-likeness (QED) is 0.279. The van der Waals surface area contributed by atoms with Crippen molar-refractivity contribution in [1.29, 1.82) is 0 Å². The smallest absolute Gasteiger partial charge is 0.453 e. The van der Waals surface area contributed by atoms with E-state index < -0.39 is 65.0 Å². The van der Waals surface area contributed by atoms with Gasteiger partial charge in [0.05, 0.1) is 0 Å². The molecule has 4 aliphatic carbocycles. The Morgan fingerprint density at radius 1 is 1.14 bits per heavy atom. The number of alkyl halides is 5. The molecule has 6 atom stereocenters. The monoisotopic (exact) mass is 500 g/mol. The number of ether oxygens (including phenoxy) is 1. The molecule has 0 aromatic rings. The molecule has 0 spiro atoms. The van der Waals surface area contributed by atoms with E-state index in [2.05, 4.69) is 0 Å². The average Bonchev–Trinajstić information content (AvgIpc) is 3.00. The summed E-state index contributed by atoms with van der Waals surface area (Å²) in [5, 5.41) is 0. The lowest BCUT2D eigenvalue weighted by Gasteiger charge is -2.54. The Morgan fingerprint density at radius 3 is 2.40 bits per heavy atom. The molecule has 0 aliphatic heterocycles. The highest BCUT2D eigenvalue weighted by Gasteiger charge is 2.76. The number of rotatable bonds is 4. The summed E-state index contributed by atoms with van der Waals surface area (Å²) in [7, 11) is 0. The van der Waals surface area contributed by atoms with Gasteiger partial charge in [-0.25, -0.2) is 0 Å². The summed E-state index contributed by atoms with van der Waals surface area (Å²) in [6.07, 6.45) is 1.52. The first-order valence-corrected chi connectivity index (χ1v) is 11.8. The second-order valence-corrected chi connectivity index (χ2v) is 11.0. The van der Waals surface area contributed by atoms with Gasteiger partial charge in [-0.1, -0.05) is 37.1 Å². The van der Waals surface area contributed by atoms with E-state index in [-0.39, 0.29) is 18.1 Å². The number of fused-ring (bicyclic) bond motifs is 5. The van der Waals surface area contributed by atoms with Gasteiger partial charge in [-0.2, -0.15) is 22.0 Å². The molecule has 35 heavy (non-hydrogen) atoms. The van der Waals surface area contributed by atoms with Crippen molar-refractivity contribution in [2.75, 3.05) is 6.61 Å². The molecule has 0 aromatic heterocycles. The van der Waals surface area contributed by atoms with Gasteiger partial charge in [0.2, 0.25) is 0 Å². The Kier molecular flexibility index (Phi) is 5.77. The molecule has 0 amide bonds. The van der Waals surface area contributed by atoms with Crippen molar-refractivity contribution in [2.45, 2.75) is 65.5 Å². The molecule has 2 saturated carbocycles. The fourth-order valence-electron chi connectivity index (χ4n) is 7.34. The lowest BCUT2D eigenvalue weighted by atomic mass is 9.49. The molecule has 0 aromatic carbocycles. The Morgan fingerprint density at radius 2 is 1.80 bits per heavy atom. The van der Waals surface area contributed by atoms with Crippen molar-refractivity contribution in [3.05, 3.63) is 35.5 Å². The first-order valence-electron chi connectivity index (χ1n) is 11.8. The van der Waals surface area contributed by atoms with Gasteiger partial charge in [-0.15, -0.1) is 0 Å². The Labute approximate surface area is 200 Å². The summed E-state index contributed by atoms with van der Waals surface area (Å²) in [6, 6.07) is 0. The highest BCUT2D eigenvalue weighted by molar-refractivity contribution is 6.01. The van der Waals surface area contributed by atoms with Crippen LogP contribution in [0.1, 0.15) is 53.4 Å². The summed E-state index contributed by atoms with van der Waals surface area (Å²) in [5.74, 6) is -10.2. The van der Waals surface area contributed by atoms with Gasteiger partial charge >= 0.3 is 18.1 Å². The zero-order valence-corrected chi connectivity index (χ0v) is 20.1. The summed E-state index contributed by atoms with van der Waals surface area (Å²) in [5.41, 5.74) is -2.08. The van der Waals surface area contributed by atoms with Crippen LogP contribution in [0.5, 0.6) is 0 Å². The minimum absolute atomic E-state index is 0.126. The molecule has 4 rings (SSSR count). The average molecular weight is 501 g/mol. The largest absolute Gasteiger partial charge is 0.458 e. The third kappa shape index (κ3) is 3.47. The van der Waals surface area contributed by atoms with Crippen LogP contribution in [0.25, 0.3) is 0 Å². The number of allylic oxidation sites excluding steroid dienone is 6. The molecule has 2 fully saturated rings. The second kappa shape index (κ2) is 7.84. The SMILES string of the molecule is CC(=O)OCC(=O)[C@@]1(C)[C@H](C(F)(F)C(F)(F)F)CC2C3CCC4=CC(=O)C=C[C@]4(C)C3=CC[C@@]21C. The van der Waals surface area contributed by atoms with E-state index in [0.717, 1.165) is 18.1 Å². The lowest BCUT2D eigenvalue weighted by molar-refractivity contribution is -0.312. The van der Waals surface area contributed by atoms with Gasteiger partial charge in [0, 0.05) is 23.7 Å². The minimum atomic E-state index is -5.83. The van der Waals surface area contributed by atoms with Crippen molar-refractivity contribution in [1.82, 2.24) is 0 Å². The van der Waals surface area contributed by atoms with Gasteiger partial charge in [-0.05, 0) is 62.0 Å². The number of carbonyl (C=O) groups excluding carboxylic acids is 3. The fourth-order valence-corrected chi connectivity index (χ4v) is 7.34. The van der Waals surface area contributed by atoms with E-state index in [1.54, 1.807) is 19.1 Å². The molecule has 192 valence electrons. The third-order valence-corrected chi connectivity index (χ3v) is 9.51. The summed E-state index contributed by atoms with van der Waals surface area (Å²) in [6.45, 7) is 4.94. The molecule has 9 heteroatoms. The maximum atomic E-state index is 15.1. The predicted molar refractivity (Wildman–Crippen MR) is 116 cm³/mol. The first kappa shape index (κ1) is 25.8. The normalized spacial score (nSPS) is 38.7. The topological polar surface area (TPSA) is 60.4 Å². The van der Waals surface area contributed by atoms with Crippen molar-refractivity contribution >= 4 is 17.5 Å². The highest BCUT2D eigenvalue weighted by Crippen LogP contribution is 2.72. The number of halogens is 5. The van der Waals surface area contributed by atoms with Crippen LogP contribution in [0.3, 0.4) is 0 Å². The molecule has 0 N–H and O–H groups in total. The van der Waals surface area contributed by atoms with Crippen LogP contribution in [0.2, 0.25) is 0 Å². The molecule has 0 saturated heterocycles. The van der Waals surface area contributed by atoms with Crippen molar-refractivity contribution < 1.29 is 41.1 Å². The Balaban J connectivity index is 1.83. The standard InChI is InChI=1S/C26H29F5O4/c1-14(32)35-13-21(34)24(4)20(25(27,28)26(29,30)31)12-19-17-6-5-15-11-16(33)7-9-22(15,2)18(17)8-10-23(19,24)3/h7-9,11,17,19-20H,5-6,10,12-13H2,1-4H3/t17?,19?,20-,22+,23+,24-/m1/s1. The number of ketones is 2. The van der Waals surface area contributed by atoms with E-state index >= 15 is 8.78 Å². The van der Waals surface area contributed by atoms with E-state index in [1.807, 2.05) is 13.0 Å². The molecular weight excluding hydrogens is 471 g/mol. The number of carbonyl (C=O) groups is 3. The molecule has 0 radical (unpaired) electrons. The predicted octanol–water partition coefficient (Wildman–Crippen LogP) is 5.78. The molecule has 0 heterocycles. The molecule has 4 aliphatic rings. The first-order chi connectivity index (χ1) is 16.0. The van der Waals surface area contributed by atoms with Crippen LogP contribution in [-0.4, -0.2) is 36.2 Å². The summed E-state index contributed by atoms with van der Waals surface area (Å²) < 4.78 is 75.8. The van der Waals surface area contributed by atoms with E-state index in [1.165, 1.54) is 13.0 Å². The van der Waals surface area contributed by atoms with E-state index in [9.17, 15) is 27.6 Å². The Hall–Kier alpha value is -2.32. The van der Waals surface area contributed by atoms with Crippen LogP contribution in [0.4, 0.5) is 22.0 Å². The Bertz CT molecular complexity index is 1070. The maximum Gasteiger partial charge on any atom is 0.453 e. The van der Waals surface area contributed by atoms with E-state index in [0.29, 0.717) is 12.8 Å². The molecule has 0 bridgehead atoms. The molecule has 2 unspecified atom stereocenters. The van der Waals surface area contributed by atoms with Gasteiger partial charge in [0.15, 0.2) is 18.2 Å². The minimum Gasteiger partial charge on any atom is -0.458 e. The van der Waals surface area contributed by atoms with Gasteiger partial charge in [0.25, 0.3) is 0 Å². The van der Waals surface area contributed by atoms with Gasteiger partial charge < -0.3 is 4.74 Å². The molecule has 4 nitrogen and oxygen atoms in total. The second-order valence-electron chi connectivity index (χ2n) is 11.0. The third-order valence-electron chi connectivity index (χ3n) is 9.51. The summed E-state index contributed by atoms with van der Waals surface area (Å²) in [4.78, 5) is 36.6. The van der Waals surface area contributed by atoms with Gasteiger partial charge in [0.1, 0.15) is 0 Å². The number of hydrogen-bond donors (Lipinski definition) is 0. The van der Waals surface area contributed by atoms with Crippen molar-refractivity contribution in [2.24, 2.45) is 34.0 Å². The fraction of sp³-hybridized carbons (Fsp3) is 0.654. The number of esters is 1. The zero-order chi connectivity index (χ0) is 26.2. The van der Waals surface area contributed by atoms with E-state index in [4.69, 9.17) is 4.74 Å². The van der Waals surface area contributed by atoms with Crippen LogP contribution in [0.15, 0.2) is 35.5 Å². The van der Waals surface area contributed by atoms with Gasteiger partial charge in [-0.3, -0.25) is 14.4 Å². The van der Waals surface area contributed by atoms with Crippen LogP contribution < -0.4 is 0 Å². The van der Waals surface area contributed by atoms with Crippen molar-refractivity contribution in [3.8, 4) is 0 Å². The highest BCUT2D eigenvalue weighted by atomic mass is 19.4. The van der Waals surface area contributed by atoms with Crippen LogP contribution in [0, 0.1) is 34.0 Å². The van der Waals surface area contributed by atoms with Crippen LogP contribution in [-0.2, 0) is 19.1 Å². The zero-order valence-electron chi connectivity index (χ0n) is 20.1. The summed E-state index contributed by atoms with van der Waals surface area (Å²) >= 11 is 0. The lowest BCUT2D eigenvalue weighted by Crippen LogP contribution is -2.56. The maximum absolute atomic E-state index is 15.1. The number of Topliss-reactive ketones (excluding diaryl/α,β-unsaturated/α-hetero) is 1. The molecular formula is C26H29F5O4. The number of hydrogen-bond acceptors (Lipinski definition) is 4. The van der Waals surface area contributed by atoms with Crippen molar-refractivity contribution in [3.63, 3.8) is 0 Å².